The Balaban J connectivity index is 1.86. The van der Waals surface area contributed by atoms with E-state index < -0.39 is 29.6 Å². The van der Waals surface area contributed by atoms with Crippen molar-refractivity contribution in [3.8, 4) is 17.3 Å². The van der Waals surface area contributed by atoms with Gasteiger partial charge in [0.25, 0.3) is 5.91 Å². The fraction of sp³-hybridized carbons (Fsp3) is 0.300. The van der Waals surface area contributed by atoms with E-state index in [-0.39, 0.29) is 23.7 Å². The highest BCUT2D eigenvalue weighted by Gasteiger charge is 2.25. The Hall–Kier alpha value is -4.98. The molecule has 4 N–H and O–H groups in total. The molecule has 2 aromatic carbocycles. The molecule has 0 saturated carbocycles. The van der Waals surface area contributed by atoms with Gasteiger partial charge in [-0.2, -0.15) is 5.26 Å². The first-order valence-corrected chi connectivity index (χ1v) is 13.0. The van der Waals surface area contributed by atoms with E-state index in [1.165, 1.54) is 19.2 Å². The molecular weight excluding hydrogens is 527 g/mol. The van der Waals surface area contributed by atoms with Crippen LogP contribution >= 0.6 is 0 Å². The second-order valence-corrected chi connectivity index (χ2v) is 10.1. The third kappa shape index (κ3) is 9.03. The van der Waals surface area contributed by atoms with Crippen LogP contribution in [0.1, 0.15) is 42.3 Å². The Morgan fingerprint density at radius 3 is 2.51 bits per heavy atom. The number of hydrogen-bond donors (Lipinski definition) is 4. The summed E-state index contributed by atoms with van der Waals surface area (Å²) < 4.78 is 18.8. The van der Waals surface area contributed by atoms with Crippen molar-refractivity contribution < 1.29 is 23.5 Å². The maximum atomic E-state index is 13.6. The topological polar surface area (TPSA) is 145 Å². The number of nitrogens with zero attached hydrogens (tertiary/aromatic N) is 2. The first-order chi connectivity index (χ1) is 19.5. The van der Waals surface area contributed by atoms with Crippen LogP contribution in [-0.2, 0) is 16.0 Å². The van der Waals surface area contributed by atoms with Crippen LogP contribution in [0.5, 0.6) is 0 Å². The van der Waals surface area contributed by atoms with E-state index >= 15 is 0 Å². The summed E-state index contributed by atoms with van der Waals surface area (Å²) in [5.41, 5.74) is 1.60. The molecule has 0 aliphatic heterocycles. The number of nitrogens with one attached hydrogen (secondary N) is 4. The Bertz CT molecular complexity index is 1450. The van der Waals surface area contributed by atoms with Gasteiger partial charge in [-0.15, -0.1) is 0 Å². The number of hydrogen-bond acceptors (Lipinski definition) is 7. The van der Waals surface area contributed by atoms with E-state index in [2.05, 4.69) is 32.3 Å². The van der Waals surface area contributed by atoms with E-state index in [0.29, 0.717) is 29.8 Å². The lowest BCUT2D eigenvalue weighted by Crippen LogP contribution is -2.52. The Morgan fingerprint density at radius 1 is 1.07 bits per heavy atom. The molecule has 0 aliphatic rings. The lowest BCUT2D eigenvalue weighted by Gasteiger charge is -2.22. The molecule has 11 heteroatoms. The molecule has 0 radical (unpaired) electrons. The Morgan fingerprint density at radius 2 is 1.83 bits per heavy atom. The van der Waals surface area contributed by atoms with Crippen LogP contribution in [0.3, 0.4) is 0 Å². The molecule has 3 amide bonds. The number of rotatable bonds is 10. The number of amides is 3. The van der Waals surface area contributed by atoms with Gasteiger partial charge in [0.2, 0.25) is 5.91 Å². The van der Waals surface area contributed by atoms with Crippen molar-refractivity contribution in [1.82, 2.24) is 20.9 Å². The van der Waals surface area contributed by atoms with Crippen LogP contribution in [0, 0.1) is 17.1 Å². The highest BCUT2D eigenvalue weighted by Crippen LogP contribution is 2.25. The Labute approximate surface area is 238 Å². The maximum Gasteiger partial charge on any atom is 0.407 e. The monoisotopic (exact) mass is 560 g/mol. The number of carbonyl (C=O) groups excluding carboxylic acids is 3. The third-order valence-electron chi connectivity index (χ3n) is 5.78. The summed E-state index contributed by atoms with van der Waals surface area (Å²) in [7, 11) is 1.41. The molecule has 1 heterocycles. The van der Waals surface area contributed by atoms with Gasteiger partial charge >= 0.3 is 6.09 Å². The second kappa shape index (κ2) is 13.9. The van der Waals surface area contributed by atoms with E-state index in [0.717, 1.165) is 5.56 Å². The minimum atomic E-state index is -1.11. The van der Waals surface area contributed by atoms with Crippen LogP contribution < -0.4 is 21.3 Å². The van der Waals surface area contributed by atoms with Gasteiger partial charge in [-0.1, -0.05) is 30.3 Å². The van der Waals surface area contributed by atoms with Crippen molar-refractivity contribution in [3.05, 3.63) is 83.2 Å². The number of anilines is 1. The van der Waals surface area contributed by atoms with Crippen LogP contribution in [0.4, 0.5) is 15.0 Å². The number of carbonyl (C=O) groups is 3. The first-order valence-electron chi connectivity index (χ1n) is 13.0. The van der Waals surface area contributed by atoms with Crippen molar-refractivity contribution in [1.29, 1.82) is 5.26 Å². The molecule has 0 aliphatic carbocycles. The highest BCUT2D eigenvalue weighted by atomic mass is 19.1. The molecule has 1 aromatic heterocycles. The largest absolute Gasteiger partial charge is 0.444 e. The summed E-state index contributed by atoms with van der Waals surface area (Å²) in [6.07, 6.45) is -0.289. The number of likely N-dealkylation sites (N-methyl/N-ethyl adjacent to an activating group) is 1. The molecule has 3 rings (SSSR count). The zero-order valence-corrected chi connectivity index (χ0v) is 23.4. The smallest absolute Gasteiger partial charge is 0.407 e. The van der Waals surface area contributed by atoms with Crippen molar-refractivity contribution >= 4 is 23.7 Å². The van der Waals surface area contributed by atoms with Crippen molar-refractivity contribution in [2.75, 3.05) is 25.5 Å². The van der Waals surface area contributed by atoms with Crippen LogP contribution in [0.2, 0.25) is 0 Å². The molecule has 0 fully saturated rings. The highest BCUT2D eigenvalue weighted by molar-refractivity contribution is 6.01. The number of aromatic nitrogens is 1. The average molecular weight is 561 g/mol. The number of benzene rings is 2. The lowest BCUT2D eigenvalue weighted by molar-refractivity contribution is -0.122. The molecule has 0 saturated heterocycles. The molecule has 3 aromatic rings. The van der Waals surface area contributed by atoms with Gasteiger partial charge in [-0.05, 0) is 63.1 Å². The fourth-order valence-corrected chi connectivity index (χ4v) is 3.87. The first kappa shape index (κ1) is 30.6. The van der Waals surface area contributed by atoms with Crippen LogP contribution in [0.15, 0.2) is 60.7 Å². The van der Waals surface area contributed by atoms with Gasteiger partial charge in [0.1, 0.15) is 23.3 Å². The maximum absolute atomic E-state index is 13.6. The van der Waals surface area contributed by atoms with Crippen LogP contribution in [-0.4, -0.2) is 54.7 Å². The molecule has 41 heavy (non-hydrogen) atoms. The minimum absolute atomic E-state index is 0.133. The zero-order valence-electron chi connectivity index (χ0n) is 23.4. The average Bonchev–Trinajstić information content (AvgIpc) is 2.93. The number of alkyl carbamates (subject to hydrolysis) is 1. The molecular formula is C30H33FN6O4. The summed E-state index contributed by atoms with van der Waals surface area (Å²) >= 11 is 0. The molecule has 1 atom stereocenters. The number of halogens is 1. The summed E-state index contributed by atoms with van der Waals surface area (Å²) in [5.74, 6) is -1.29. The van der Waals surface area contributed by atoms with Crippen molar-refractivity contribution in [3.63, 3.8) is 0 Å². The normalized spacial score (nSPS) is 11.5. The van der Waals surface area contributed by atoms with Gasteiger partial charge in [-0.3, -0.25) is 9.59 Å². The van der Waals surface area contributed by atoms with Gasteiger partial charge < -0.3 is 26.0 Å². The number of nitriles is 1. The van der Waals surface area contributed by atoms with E-state index in [1.54, 1.807) is 69.3 Å². The third-order valence-corrected chi connectivity index (χ3v) is 5.78. The van der Waals surface area contributed by atoms with Crippen molar-refractivity contribution in [2.24, 2.45) is 0 Å². The van der Waals surface area contributed by atoms with Gasteiger partial charge in [0.05, 0.1) is 29.4 Å². The quantitative estimate of drug-likeness (QED) is 0.295. The summed E-state index contributed by atoms with van der Waals surface area (Å²) in [6.45, 7) is 5.22. The van der Waals surface area contributed by atoms with Gasteiger partial charge in [-0.25, -0.2) is 14.2 Å². The predicted octanol–water partition coefficient (Wildman–Crippen LogP) is 3.78. The number of ether oxygens (including phenoxy) is 1. The Kier molecular flexibility index (Phi) is 10.4. The molecule has 0 bridgehead atoms. The van der Waals surface area contributed by atoms with E-state index in [1.807, 2.05) is 0 Å². The molecule has 10 nitrogen and oxygen atoms in total. The fourth-order valence-electron chi connectivity index (χ4n) is 3.87. The van der Waals surface area contributed by atoms with Crippen LogP contribution in [0.25, 0.3) is 11.3 Å². The van der Waals surface area contributed by atoms with Gasteiger partial charge in [0, 0.05) is 19.2 Å². The summed E-state index contributed by atoms with van der Waals surface area (Å²) in [6, 6.07) is 17.3. The zero-order chi connectivity index (χ0) is 30.0. The van der Waals surface area contributed by atoms with Gasteiger partial charge in [0.15, 0.2) is 0 Å². The predicted molar refractivity (Wildman–Crippen MR) is 153 cm³/mol. The molecule has 214 valence electrons. The van der Waals surface area contributed by atoms with Crippen molar-refractivity contribution in [2.45, 2.75) is 38.8 Å². The second-order valence-electron chi connectivity index (χ2n) is 10.1. The molecule has 0 unspecified atom stereocenters. The minimum Gasteiger partial charge on any atom is -0.444 e. The summed E-state index contributed by atoms with van der Waals surface area (Å²) in [5, 5.41) is 20.3. The standard InChI is InChI=1S/C30H33FN6O4/c1-30(2,3)41-29(40)35-18-25(28(39)33-4)37-27(38)23-12-13-24(22-11-6-5-9-20(22)17-32)36-26(23)34-15-14-19-8-7-10-21(31)16-19/h5-13,16,25H,14-15,18H2,1-4H3,(H,33,39)(H,34,36)(H,35,40)(H,37,38)/t25-/m0/s1. The molecule has 0 spiro atoms. The number of pyridine rings is 1. The summed E-state index contributed by atoms with van der Waals surface area (Å²) in [4.78, 5) is 42.7. The van der Waals surface area contributed by atoms with E-state index in [9.17, 15) is 24.0 Å². The lowest BCUT2D eigenvalue weighted by atomic mass is 10.0. The SMILES string of the molecule is CNC(=O)[C@H](CNC(=O)OC(C)(C)C)NC(=O)c1ccc(-c2ccccc2C#N)nc1NCCc1cccc(F)c1. The van der Waals surface area contributed by atoms with E-state index in [4.69, 9.17) is 4.74 Å².